The van der Waals surface area contributed by atoms with Crippen molar-refractivity contribution in [2.75, 3.05) is 6.54 Å². The number of hydrogen-bond donors (Lipinski definition) is 2. The molecule has 0 fully saturated rings. The monoisotopic (exact) mass is 187 g/mol. The molecule has 0 aliphatic rings. The summed E-state index contributed by atoms with van der Waals surface area (Å²) in [6.45, 7) is 1.33. The van der Waals surface area contributed by atoms with E-state index in [4.69, 9.17) is 5.11 Å². The quantitative estimate of drug-likeness (QED) is 0.610. The fraction of sp³-hybridized carbons (Fsp3) is 0.625. The van der Waals surface area contributed by atoms with E-state index in [1.54, 1.807) is 6.92 Å². The topological polar surface area (TPSA) is 83.5 Å². The van der Waals surface area contributed by atoms with Gasteiger partial charge in [0.05, 0.1) is 0 Å². The van der Waals surface area contributed by atoms with Gasteiger partial charge in [0.2, 0.25) is 5.91 Å². The lowest BCUT2D eigenvalue weighted by Crippen LogP contribution is -2.29. The van der Waals surface area contributed by atoms with Crippen LogP contribution in [0.25, 0.3) is 0 Å². The highest BCUT2D eigenvalue weighted by Gasteiger charge is 2.05. The number of rotatable bonds is 6. The molecule has 5 heteroatoms. The van der Waals surface area contributed by atoms with E-state index in [0.717, 1.165) is 0 Å². The van der Waals surface area contributed by atoms with E-state index >= 15 is 0 Å². The van der Waals surface area contributed by atoms with Crippen molar-refractivity contribution in [2.45, 2.75) is 26.2 Å². The van der Waals surface area contributed by atoms with E-state index in [1.807, 2.05) is 0 Å². The summed E-state index contributed by atoms with van der Waals surface area (Å²) in [4.78, 5) is 31.6. The standard InChI is InChI=1S/C8H13NO4/c1-2-6(10)3-4-7(11)9-5-8(12)13/h2-5H2,1H3,(H,9,11)(H,12,13). The first-order valence-corrected chi connectivity index (χ1v) is 4.06. The van der Waals surface area contributed by atoms with Gasteiger partial charge in [-0.15, -0.1) is 0 Å². The maximum Gasteiger partial charge on any atom is 0.322 e. The molecule has 0 rings (SSSR count). The lowest BCUT2D eigenvalue weighted by atomic mass is 10.2. The number of carboxylic acid groups (broad SMARTS) is 1. The number of nitrogens with one attached hydrogen (secondary N) is 1. The Morgan fingerprint density at radius 2 is 1.85 bits per heavy atom. The van der Waals surface area contributed by atoms with Crippen LogP contribution in [0.3, 0.4) is 0 Å². The maximum atomic E-state index is 10.8. The second-order valence-electron chi connectivity index (χ2n) is 2.56. The lowest BCUT2D eigenvalue weighted by molar-refractivity contribution is -0.138. The van der Waals surface area contributed by atoms with E-state index in [1.165, 1.54) is 0 Å². The van der Waals surface area contributed by atoms with Crippen LogP contribution < -0.4 is 5.32 Å². The van der Waals surface area contributed by atoms with Gasteiger partial charge >= 0.3 is 5.97 Å². The van der Waals surface area contributed by atoms with Gasteiger partial charge in [0, 0.05) is 19.3 Å². The molecule has 13 heavy (non-hydrogen) atoms. The molecule has 0 aromatic carbocycles. The van der Waals surface area contributed by atoms with Crippen LogP contribution in [-0.2, 0) is 14.4 Å². The molecule has 2 N–H and O–H groups in total. The third kappa shape index (κ3) is 6.99. The molecule has 0 spiro atoms. The fourth-order valence-electron chi connectivity index (χ4n) is 0.692. The normalized spacial score (nSPS) is 9.31. The average molecular weight is 187 g/mol. The molecular formula is C8H13NO4. The van der Waals surface area contributed by atoms with Crippen molar-refractivity contribution in [3.05, 3.63) is 0 Å². The number of aliphatic carboxylic acids is 1. The zero-order valence-electron chi connectivity index (χ0n) is 7.50. The van der Waals surface area contributed by atoms with Crippen LogP contribution in [-0.4, -0.2) is 29.3 Å². The Hall–Kier alpha value is -1.39. The van der Waals surface area contributed by atoms with E-state index in [-0.39, 0.29) is 25.2 Å². The Kier molecular flexibility index (Phi) is 5.50. The molecule has 5 nitrogen and oxygen atoms in total. The SMILES string of the molecule is CCC(=O)CCC(=O)NCC(=O)O. The van der Waals surface area contributed by atoms with Gasteiger partial charge in [0.1, 0.15) is 12.3 Å². The minimum atomic E-state index is -1.09. The molecule has 0 unspecified atom stereocenters. The molecule has 0 radical (unpaired) electrons. The first kappa shape index (κ1) is 11.6. The molecular weight excluding hydrogens is 174 g/mol. The number of carbonyl (C=O) groups excluding carboxylic acids is 2. The van der Waals surface area contributed by atoms with Crippen LogP contribution in [0.1, 0.15) is 26.2 Å². The summed E-state index contributed by atoms with van der Waals surface area (Å²) in [6.07, 6.45) is 0.661. The van der Waals surface area contributed by atoms with E-state index in [0.29, 0.717) is 6.42 Å². The minimum absolute atomic E-state index is 0.00507. The molecule has 0 atom stereocenters. The molecule has 0 heterocycles. The highest BCUT2D eigenvalue weighted by molar-refractivity contribution is 5.86. The van der Waals surface area contributed by atoms with Crippen LogP contribution in [0.15, 0.2) is 0 Å². The number of carbonyl (C=O) groups is 3. The zero-order chi connectivity index (χ0) is 10.3. The van der Waals surface area contributed by atoms with Gasteiger partial charge in [-0.05, 0) is 0 Å². The second kappa shape index (κ2) is 6.16. The van der Waals surface area contributed by atoms with Crippen molar-refractivity contribution in [3.63, 3.8) is 0 Å². The smallest absolute Gasteiger partial charge is 0.322 e. The predicted molar refractivity (Wildman–Crippen MR) is 45.2 cm³/mol. The average Bonchev–Trinajstić information content (AvgIpc) is 2.10. The Labute approximate surface area is 76.1 Å². The zero-order valence-corrected chi connectivity index (χ0v) is 7.50. The molecule has 0 bridgehead atoms. The van der Waals surface area contributed by atoms with Crippen molar-refractivity contribution < 1.29 is 19.5 Å². The van der Waals surface area contributed by atoms with Crippen LogP contribution in [0, 0.1) is 0 Å². The summed E-state index contributed by atoms with van der Waals surface area (Å²) in [7, 11) is 0. The maximum absolute atomic E-state index is 10.8. The number of amides is 1. The largest absolute Gasteiger partial charge is 0.480 e. The highest BCUT2D eigenvalue weighted by atomic mass is 16.4. The van der Waals surface area contributed by atoms with Gasteiger partial charge in [-0.25, -0.2) is 0 Å². The molecule has 0 aliphatic heterocycles. The summed E-state index contributed by atoms with van der Waals surface area (Å²) in [5.74, 6) is -1.48. The molecule has 74 valence electrons. The number of carboxylic acids is 1. The Balaban J connectivity index is 3.52. The lowest BCUT2D eigenvalue weighted by Gasteiger charge is -2.00. The van der Waals surface area contributed by atoms with Crippen LogP contribution in [0.2, 0.25) is 0 Å². The van der Waals surface area contributed by atoms with Gasteiger partial charge in [-0.3, -0.25) is 14.4 Å². The van der Waals surface area contributed by atoms with Crippen molar-refractivity contribution in [1.29, 1.82) is 0 Å². The van der Waals surface area contributed by atoms with Gasteiger partial charge in [-0.1, -0.05) is 6.92 Å². The van der Waals surface area contributed by atoms with Gasteiger partial charge < -0.3 is 10.4 Å². The number of hydrogen-bond acceptors (Lipinski definition) is 3. The summed E-state index contributed by atoms with van der Waals surface area (Å²) >= 11 is 0. The minimum Gasteiger partial charge on any atom is -0.480 e. The van der Waals surface area contributed by atoms with E-state index in [2.05, 4.69) is 5.32 Å². The molecule has 1 amide bonds. The molecule has 0 aromatic heterocycles. The molecule has 0 aliphatic carbocycles. The van der Waals surface area contributed by atoms with Crippen LogP contribution >= 0.6 is 0 Å². The van der Waals surface area contributed by atoms with Gasteiger partial charge in [0.25, 0.3) is 0 Å². The van der Waals surface area contributed by atoms with E-state index in [9.17, 15) is 14.4 Å². The predicted octanol–water partition coefficient (Wildman–Crippen LogP) is -0.0535. The molecule has 0 saturated carbocycles. The summed E-state index contributed by atoms with van der Waals surface area (Å²) in [6, 6.07) is 0. The fourth-order valence-corrected chi connectivity index (χ4v) is 0.692. The number of ketones is 1. The van der Waals surface area contributed by atoms with Gasteiger partial charge in [0.15, 0.2) is 0 Å². The van der Waals surface area contributed by atoms with Gasteiger partial charge in [-0.2, -0.15) is 0 Å². The van der Waals surface area contributed by atoms with Crippen molar-refractivity contribution >= 4 is 17.7 Å². The first-order valence-electron chi connectivity index (χ1n) is 4.06. The first-order chi connectivity index (χ1) is 6.06. The van der Waals surface area contributed by atoms with Crippen LogP contribution in [0.4, 0.5) is 0 Å². The van der Waals surface area contributed by atoms with E-state index < -0.39 is 11.9 Å². The summed E-state index contributed by atoms with van der Waals surface area (Å²) in [5, 5.41) is 10.4. The Bertz CT molecular complexity index is 212. The third-order valence-corrected chi connectivity index (χ3v) is 1.46. The molecule has 0 saturated heterocycles. The second-order valence-corrected chi connectivity index (χ2v) is 2.56. The van der Waals surface area contributed by atoms with Crippen molar-refractivity contribution in [3.8, 4) is 0 Å². The van der Waals surface area contributed by atoms with Crippen LogP contribution in [0.5, 0.6) is 0 Å². The number of Topliss-reactive ketones (excluding diaryl/α,β-unsaturated/α-hetero) is 1. The Morgan fingerprint density at radius 3 is 2.31 bits per heavy atom. The summed E-state index contributed by atoms with van der Waals surface area (Å²) < 4.78 is 0. The molecule has 0 aromatic rings. The third-order valence-electron chi connectivity index (χ3n) is 1.46. The Morgan fingerprint density at radius 1 is 1.23 bits per heavy atom. The highest BCUT2D eigenvalue weighted by Crippen LogP contribution is 1.93. The van der Waals surface area contributed by atoms with Crippen molar-refractivity contribution in [1.82, 2.24) is 5.32 Å². The summed E-state index contributed by atoms with van der Waals surface area (Å²) in [5.41, 5.74) is 0. The van der Waals surface area contributed by atoms with Crippen molar-refractivity contribution in [2.24, 2.45) is 0 Å².